The third-order valence-corrected chi connectivity index (χ3v) is 2.08. The fourth-order valence-electron chi connectivity index (χ4n) is 0.997. The van der Waals surface area contributed by atoms with Crippen molar-refractivity contribution in [3.8, 4) is 17.6 Å². The summed E-state index contributed by atoms with van der Waals surface area (Å²) in [5.41, 5.74) is 0.465. The normalized spacial score (nSPS) is 9.13. The van der Waals surface area contributed by atoms with Crippen molar-refractivity contribution in [3.05, 3.63) is 29.3 Å². The number of phenols is 1. The first-order valence-corrected chi connectivity index (χ1v) is 5.38. The summed E-state index contributed by atoms with van der Waals surface area (Å²) in [6.45, 7) is 0. The molecule has 15 heavy (non-hydrogen) atoms. The number of hydrogen-bond acceptors (Lipinski definition) is 2. The lowest BCUT2D eigenvalue weighted by molar-refractivity contribution is 0.0693. The number of benzene rings is 1. The van der Waals surface area contributed by atoms with Crippen LogP contribution in [0.2, 0.25) is 0 Å². The van der Waals surface area contributed by atoms with Crippen LogP contribution in [0.4, 0.5) is 0 Å². The minimum absolute atomic E-state index is 0.124. The van der Waals surface area contributed by atoms with Gasteiger partial charge in [-0.1, -0.05) is 27.8 Å². The molecule has 0 fully saturated rings. The van der Waals surface area contributed by atoms with Crippen molar-refractivity contribution in [2.24, 2.45) is 0 Å². The Labute approximate surface area is 95.9 Å². The van der Waals surface area contributed by atoms with Crippen LogP contribution in [0.5, 0.6) is 5.75 Å². The first-order chi connectivity index (χ1) is 7.15. The minimum Gasteiger partial charge on any atom is -0.507 e. The number of carboxylic acids is 1. The molecule has 0 heterocycles. The molecule has 1 aromatic carbocycles. The van der Waals surface area contributed by atoms with Gasteiger partial charge in [0.25, 0.3) is 0 Å². The van der Waals surface area contributed by atoms with Gasteiger partial charge in [0.15, 0.2) is 0 Å². The van der Waals surface area contributed by atoms with Crippen molar-refractivity contribution in [1.29, 1.82) is 0 Å². The number of hydrogen-bond donors (Lipinski definition) is 2. The summed E-state index contributed by atoms with van der Waals surface area (Å²) < 4.78 is 0. The van der Waals surface area contributed by atoms with E-state index in [1.165, 1.54) is 12.1 Å². The van der Waals surface area contributed by atoms with Gasteiger partial charge >= 0.3 is 5.97 Å². The highest BCUT2D eigenvalue weighted by Crippen LogP contribution is 2.17. The summed E-state index contributed by atoms with van der Waals surface area (Å²) in [5.74, 6) is 4.28. The van der Waals surface area contributed by atoms with Gasteiger partial charge in [-0.05, 0) is 18.2 Å². The molecule has 4 heteroatoms. The summed E-state index contributed by atoms with van der Waals surface area (Å²) in [7, 11) is 0. The predicted octanol–water partition coefficient (Wildman–Crippen LogP) is 2.23. The second-order valence-corrected chi connectivity index (χ2v) is 3.57. The molecule has 0 spiro atoms. The standard InChI is InChI=1S/C11H9BrO3/c12-6-2-1-3-8-4-5-10(13)9(7-8)11(14)15/h4-5,7,13H,2,6H2,(H,14,15). The van der Waals surface area contributed by atoms with E-state index in [0.29, 0.717) is 12.0 Å². The zero-order chi connectivity index (χ0) is 11.3. The van der Waals surface area contributed by atoms with Crippen LogP contribution in [0, 0.1) is 11.8 Å². The Balaban J connectivity index is 2.99. The predicted molar refractivity (Wildman–Crippen MR) is 60.4 cm³/mol. The smallest absolute Gasteiger partial charge is 0.339 e. The summed E-state index contributed by atoms with van der Waals surface area (Å²) in [4.78, 5) is 10.7. The number of rotatable bonds is 2. The van der Waals surface area contributed by atoms with Crippen LogP contribution in [0.25, 0.3) is 0 Å². The molecule has 0 aromatic heterocycles. The van der Waals surface area contributed by atoms with E-state index in [0.717, 1.165) is 5.33 Å². The van der Waals surface area contributed by atoms with Gasteiger partial charge < -0.3 is 10.2 Å². The quantitative estimate of drug-likeness (QED) is 0.639. The first-order valence-electron chi connectivity index (χ1n) is 4.26. The van der Waals surface area contributed by atoms with Gasteiger partial charge in [0.2, 0.25) is 0 Å². The van der Waals surface area contributed by atoms with Crippen molar-refractivity contribution in [3.63, 3.8) is 0 Å². The Morgan fingerprint density at radius 3 is 2.80 bits per heavy atom. The van der Waals surface area contributed by atoms with Crippen molar-refractivity contribution in [2.75, 3.05) is 5.33 Å². The third-order valence-electron chi connectivity index (χ3n) is 1.68. The van der Waals surface area contributed by atoms with E-state index in [4.69, 9.17) is 5.11 Å². The summed E-state index contributed by atoms with van der Waals surface area (Å²) in [6.07, 6.45) is 0.698. The van der Waals surface area contributed by atoms with Gasteiger partial charge in [-0.15, -0.1) is 0 Å². The van der Waals surface area contributed by atoms with E-state index >= 15 is 0 Å². The Morgan fingerprint density at radius 1 is 1.47 bits per heavy atom. The molecule has 0 aliphatic rings. The molecule has 0 unspecified atom stereocenters. The maximum atomic E-state index is 10.7. The molecule has 0 atom stereocenters. The van der Waals surface area contributed by atoms with Crippen LogP contribution < -0.4 is 0 Å². The van der Waals surface area contributed by atoms with Gasteiger partial charge in [0.05, 0.1) is 0 Å². The first kappa shape index (κ1) is 11.6. The van der Waals surface area contributed by atoms with Gasteiger partial charge in [0, 0.05) is 17.3 Å². The van der Waals surface area contributed by atoms with E-state index in [1.807, 2.05) is 0 Å². The largest absolute Gasteiger partial charge is 0.507 e. The molecule has 1 aromatic rings. The lowest BCUT2D eigenvalue weighted by Crippen LogP contribution is -1.97. The molecule has 0 saturated carbocycles. The number of halogens is 1. The Hall–Kier alpha value is -1.47. The average molecular weight is 269 g/mol. The number of aromatic hydroxyl groups is 1. The summed E-state index contributed by atoms with van der Waals surface area (Å²) in [5, 5.41) is 18.8. The highest BCUT2D eigenvalue weighted by Gasteiger charge is 2.08. The van der Waals surface area contributed by atoms with Crippen LogP contribution in [-0.4, -0.2) is 21.5 Å². The molecule has 0 radical (unpaired) electrons. The van der Waals surface area contributed by atoms with E-state index in [9.17, 15) is 9.90 Å². The molecule has 78 valence electrons. The highest BCUT2D eigenvalue weighted by atomic mass is 79.9. The monoisotopic (exact) mass is 268 g/mol. The molecular weight excluding hydrogens is 260 g/mol. The molecular formula is C11H9BrO3. The minimum atomic E-state index is -1.16. The molecule has 2 N–H and O–H groups in total. The zero-order valence-electron chi connectivity index (χ0n) is 7.83. The van der Waals surface area contributed by atoms with E-state index in [2.05, 4.69) is 27.8 Å². The fourth-order valence-corrected chi connectivity index (χ4v) is 1.20. The van der Waals surface area contributed by atoms with Crippen molar-refractivity contribution in [2.45, 2.75) is 6.42 Å². The van der Waals surface area contributed by atoms with Crippen LogP contribution in [0.1, 0.15) is 22.3 Å². The summed E-state index contributed by atoms with van der Waals surface area (Å²) >= 11 is 3.24. The number of aromatic carboxylic acids is 1. The van der Waals surface area contributed by atoms with E-state index in [-0.39, 0.29) is 11.3 Å². The second kappa shape index (κ2) is 5.42. The van der Waals surface area contributed by atoms with Gasteiger partial charge in [-0.2, -0.15) is 0 Å². The molecule has 0 aliphatic heterocycles. The molecule has 0 amide bonds. The molecule has 3 nitrogen and oxygen atoms in total. The Morgan fingerprint density at radius 2 is 2.20 bits per heavy atom. The van der Waals surface area contributed by atoms with E-state index < -0.39 is 5.97 Å². The topological polar surface area (TPSA) is 57.5 Å². The van der Waals surface area contributed by atoms with Crippen LogP contribution in [0.3, 0.4) is 0 Å². The lowest BCUT2D eigenvalue weighted by Gasteiger charge is -1.98. The third kappa shape index (κ3) is 3.30. The number of alkyl halides is 1. The Kier molecular flexibility index (Phi) is 4.19. The second-order valence-electron chi connectivity index (χ2n) is 2.78. The van der Waals surface area contributed by atoms with Gasteiger partial charge in [-0.25, -0.2) is 4.79 Å². The maximum absolute atomic E-state index is 10.7. The molecule has 0 bridgehead atoms. The fraction of sp³-hybridized carbons (Fsp3) is 0.182. The van der Waals surface area contributed by atoms with Crippen LogP contribution in [0.15, 0.2) is 18.2 Å². The van der Waals surface area contributed by atoms with Gasteiger partial charge in [0.1, 0.15) is 11.3 Å². The zero-order valence-corrected chi connectivity index (χ0v) is 9.41. The van der Waals surface area contributed by atoms with Crippen molar-refractivity contribution >= 4 is 21.9 Å². The number of carboxylic acid groups (broad SMARTS) is 1. The average Bonchev–Trinajstić information content (AvgIpc) is 2.20. The van der Waals surface area contributed by atoms with Crippen LogP contribution in [-0.2, 0) is 0 Å². The molecule has 0 aliphatic carbocycles. The molecule has 0 saturated heterocycles. The highest BCUT2D eigenvalue weighted by molar-refractivity contribution is 9.09. The van der Waals surface area contributed by atoms with E-state index in [1.54, 1.807) is 6.07 Å². The lowest BCUT2D eigenvalue weighted by atomic mass is 10.1. The SMILES string of the molecule is O=C(O)c1cc(C#CCCBr)ccc1O. The van der Waals surface area contributed by atoms with Crippen LogP contribution >= 0.6 is 15.9 Å². The maximum Gasteiger partial charge on any atom is 0.339 e. The summed E-state index contributed by atoms with van der Waals surface area (Å²) in [6, 6.07) is 4.28. The number of carbonyl (C=O) groups is 1. The Bertz CT molecular complexity index is 429. The van der Waals surface area contributed by atoms with Gasteiger partial charge in [-0.3, -0.25) is 0 Å². The van der Waals surface area contributed by atoms with Crippen molar-refractivity contribution in [1.82, 2.24) is 0 Å². The molecule has 1 rings (SSSR count). The van der Waals surface area contributed by atoms with Crippen molar-refractivity contribution < 1.29 is 15.0 Å².